The maximum Gasteiger partial charge on any atom is 0.0396 e. The van der Waals surface area contributed by atoms with Crippen LogP contribution in [0.25, 0.3) is 5.70 Å². The van der Waals surface area contributed by atoms with E-state index in [4.69, 9.17) is 0 Å². The van der Waals surface area contributed by atoms with Crippen LogP contribution in [0.1, 0.15) is 25.3 Å². The van der Waals surface area contributed by atoms with Crippen LogP contribution in [0.4, 0.5) is 0 Å². The number of halogens is 1. The molecule has 1 aromatic rings. The number of likely N-dealkylation sites (tertiary alicyclic amines) is 1. The second kappa shape index (κ2) is 5.01. The first-order valence-corrected chi connectivity index (χ1v) is 6.56. The Morgan fingerprint density at radius 1 is 1.33 bits per heavy atom. The van der Waals surface area contributed by atoms with Gasteiger partial charge in [0.15, 0.2) is 0 Å². The zero-order valence-corrected chi connectivity index (χ0v) is 11.2. The second-order valence-corrected chi connectivity index (χ2v) is 5.12. The Morgan fingerprint density at radius 2 is 2.07 bits per heavy atom. The summed E-state index contributed by atoms with van der Waals surface area (Å²) in [6.07, 6.45) is 4.90. The molecule has 1 saturated heterocycles. The summed E-state index contributed by atoms with van der Waals surface area (Å²) in [7, 11) is 0. The smallest absolute Gasteiger partial charge is 0.0396 e. The highest BCUT2D eigenvalue weighted by molar-refractivity contribution is 14.1. The fourth-order valence-electron chi connectivity index (χ4n) is 2.14. The van der Waals surface area contributed by atoms with Gasteiger partial charge in [-0.2, -0.15) is 0 Å². The number of rotatable bonds is 2. The van der Waals surface area contributed by atoms with Crippen molar-refractivity contribution < 1.29 is 0 Å². The maximum absolute atomic E-state index is 2.49. The molecule has 15 heavy (non-hydrogen) atoms. The molecule has 0 atom stereocenters. The van der Waals surface area contributed by atoms with Gasteiger partial charge in [-0.1, -0.05) is 18.2 Å². The van der Waals surface area contributed by atoms with E-state index in [1.807, 2.05) is 0 Å². The third-order valence-corrected chi connectivity index (χ3v) is 3.51. The molecule has 0 spiro atoms. The summed E-state index contributed by atoms with van der Waals surface area (Å²) < 4.78 is 1.31. The van der Waals surface area contributed by atoms with E-state index in [2.05, 4.69) is 64.8 Å². The van der Waals surface area contributed by atoms with E-state index in [0.29, 0.717) is 0 Å². The minimum Gasteiger partial charge on any atom is -0.371 e. The first-order chi connectivity index (χ1) is 7.31. The third-order valence-electron chi connectivity index (χ3n) is 2.84. The largest absolute Gasteiger partial charge is 0.371 e. The van der Waals surface area contributed by atoms with Gasteiger partial charge in [-0.3, -0.25) is 0 Å². The van der Waals surface area contributed by atoms with Crippen molar-refractivity contribution in [3.63, 3.8) is 0 Å². The Hall–Kier alpha value is -0.510. The number of nitrogens with zero attached hydrogens (tertiary/aromatic N) is 1. The van der Waals surface area contributed by atoms with E-state index in [1.54, 1.807) is 0 Å². The molecule has 0 aromatic heterocycles. The van der Waals surface area contributed by atoms with Crippen molar-refractivity contribution in [1.29, 1.82) is 0 Å². The lowest BCUT2D eigenvalue weighted by Gasteiger charge is -2.21. The summed E-state index contributed by atoms with van der Waals surface area (Å²) in [6, 6.07) is 8.74. The van der Waals surface area contributed by atoms with Crippen molar-refractivity contribution in [2.24, 2.45) is 0 Å². The molecular weight excluding hydrogens is 297 g/mol. The number of hydrogen-bond acceptors (Lipinski definition) is 1. The van der Waals surface area contributed by atoms with E-state index < -0.39 is 0 Å². The van der Waals surface area contributed by atoms with Crippen molar-refractivity contribution in [1.82, 2.24) is 4.90 Å². The van der Waals surface area contributed by atoms with Crippen LogP contribution in [-0.2, 0) is 0 Å². The number of benzene rings is 1. The highest BCUT2D eigenvalue weighted by atomic mass is 127. The SMILES string of the molecule is C/C=C(/c1cccc(I)c1)N1CCCC1. The number of hydrogen-bond donors (Lipinski definition) is 0. The van der Waals surface area contributed by atoms with Crippen LogP contribution in [-0.4, -0.2) is 18.0 Å². The van der Waals surface area contributed by atoms with E-state index >= 15 is 0 Å². The van der Waals surface area contributed by atoms with Crippen LogP contribution in [0.5, 0.6) is 0 Å². The minimum absolute atomic E-state index is 1.21. The van der Waals surface area contributed by atoms with E-state index in [9.17, 15) is 0 Å². The lowest BCUT2D eigenvalue weighted by Crippen LogP contribution is -2.17. The predicted molar refractivity (Wildman–Crippen MR) is 73.6 cm³/mol. The second-order valence-electron chi connectivity index (χ2n) is 3.88. The molecule has 1 aliphatic heterocycles. The molecule has 0 bridgehead atoms. The highest BCUT2D eigenvalue weighted by Gasteiger charge is 2.15. The van der Waals surface area contributed by atoms with Crippen molar-refractivity contribution in [3.05, 3.63) is 39.5 Å². The molecule has 0 aliphatic carbocycles. The molecule has 1 nitrogen and oxygen atoms in total. The van der Waals surface area contributed by atoms with Crippen LogP contribution in [0.3, 0.4) is 0 Å². The molecule has 1 fully saturated rings. The summed E-state index contributed by atoms with van der Waals surface area (Å²) in [5.41, 5.74) is 2.75. The molecule has 1 aromatic carbocycles. The van der Waals surface area contributed by atoms with Crippen LogP contribution in [0.15, 0.2) is 30.3 Å². The van der Waals surface area contributed by atoms with Gasteiger partial charge in [-0.05, 0) is 60.1 Å². The average molecular weight is 313 g/mol. The van der Waals surface area contributed by atoms with Crippen molar-refractivity contribution in [2.45, 2.75) is 19.8 Å². The Balaban J connectivity index is 2.26. The Bertz CT molecular complexity index is 365. The summed E-state index contributed by atoms with van der Waals surface area (Å²) in [5, 5.41) is 0. The predicted octanol–water partition coefficient (Wildman–Crippen LogP) is 3.75. The van der Waals surface area contributed by atoms with Crippen molar-refractivity contribution >= 4 is 28.3 Å². The molecule has 80 valence electrons. The Morgan fingerprint density at radius 3 is 2.67 bits per heavy atom. The van der Waals surface area contributed by atoms with Crippen LogP contribution < -0.4 is 0 Å². The lowest BCUT2D eigenvalue weighted by molar-refractivity contribution is 0.492. The van der Waals surface area contributed by atoms with Crippen LogP contribution >= 0.6 is 22.6 Å². The van der Waals surface area contributed by atoms with Gasteiger partial charge in [-0.15, -0.1) is 0 Å². The molecule has 0 unspecified atom stereocenters. The highest BCUT2D eigenvalue weighted by Crippen LogP contribution is 2.24. The molecule has 2 heteroatoms. The topological polar surface area (TPSA) is 3.24 Å². The van der Waals surface area contributed by atoms with Crippen molar-refractivity contribution in [2.75, 3.05) is 13.1 Å². The van der Waals surface area contributed by atoms with Gasteiger partial charge in [0, 0.05) is 22.4 Å². The first kappa shape index (κ1) is 11.0. The van der Waals surface area contributed by atoms with E-state index in [-0.39, 0.29) is 0 Å². The van der Waals surface area contributed by atoms with Crippen molar-refractivity contribution in [3.8, 4) is 0 Å². The third kappa shape index (κ3) is 2.54. The minimum atomic E-state index is 1.21. The van der Waals surface area contributed by atoms with Gasteiger partial charge in [-0.25, -0.2) is 0 Å². The molecule has 0 saturated carbocycles. The summed E-state index contributed by atoms with van der Waals surface area (Å²) in [5.74, 6) is 0. The lowest BCUT2D eigenvalue weighted by atomic mass is 10.1. The van der Waals surface area contributed by atoms with E-state index in [1.165, 1.54) is 40.8 Å². The summed E-state index contributed by atoms with van der Waals surface area (Å²) in [4.78, 5) is 2.49. The molecule has 0 radical (unpaired) electrons. The van der Waals surface area contributed by atoms with Crippen LogP contribution in [0.2, 0.25) is 0 Å². The van der Waals surface area contributed by atoms with Gasteiger partial charge in [0.05, 0.1) is 0 Å². The van der Waals surface area contributed by atoms with Crippen LogP contribution in [0, 0.1) is 3.57 Å². The van der Waals surface area contributed by atoms with E-state index in [0.717, 1.165) is 0 Å². The molecule has 1 heterocycles. The standard InChI is InChI=1S/C13H16IN/c1-2-13(15-8-3-4-9-15)11-6-5-7-12(14)10-11/h2,5-7,10H,3-4,8-9H2,1H3/b13-2-. The maximum atomic E-state index is 2.49. The zero-order valence-electron chi connectivity index (χ0n) is 9.04. The molecule has 0 N–H and O–H groups in total. The normalized spacial score (nSPS) is 17.2. The zero-order chi connectivity index (χ0) is 10.7. The van der Waals surface area contributed by atoms with Gasteiger partial charge >= 0.3 is 0 Å². The molecule has 0 amide bonds. The fraction of sp³-hybridized carbons (Fsp3) is 0.385. The Kier molecular flexibility index (Phi) is 3.67. The molecular formula is C13H16IN. The van der Waals surface area contributed by atoms with Gasteiger partial charge < -0.3 is 4.90 Å². The van der Waals surface area contributed by atoms with Gasteiger partial charge in [0.1, 0.15) is 0 Å². The first-order valence-electron chi connectivity index (χ1n) is 5.48. The van der Waals surface area contributed by atoms with Gasteiger partial charge in [0.2, 0.25) is 0 Å². The molecule has 2 rings (SSSR count). The molecule has 1 aliphatic rings. The fourth-order valence-corrected chi connectivity index (χ4v) is 2.68. The summed E-state index contributed by atoms with van der Waals surface area (Å²) in [6.45, 7) is 4.56. The summed E-state index contributed by atoms with van der Waals surface area (Å²) >= 11 is 2.37. The monoisotopic (exact) mass is 313 g/mol. The van der Waals surface area contributed by atoms with Gasteiger partial charge in [0.25, 0.3) is 0 Å². The quantitative estimate of drug-likeness (QED) is 0.752. The Labute approximate surface area is 105 Å². The average Bonchev–Trinajstić information content (AvgIpc) is 2.72. The number of allylic oxidation sites excluding steroid dienone is 1.